The second-order valence-electron chi connectivity index (χ2n) is 4.84. The summed E-state index contributed by atoms with van der Waals surface area (Å²) in [5.74, 6) is 0.651. The first-order valence-electron chi connectivity index (χ1n) is 6.59. The van der Waals surface area contributed by atoms with E-state index in [2.05, 4.69) is 15.5 Å². The number of amides is 1. The van der Waals surface area contributed by atoms with Gasteiger partial charge in [0, 0.05) is 24.6 Å². The van der Waals surface area contributed by atoms with E-state index in [0.29, 0.717) is 18.1 Å². The molecule has 8 heteroatoms. The molecule has 1 aromatic rings. The molecule has 1 atom stereocenters. The summed E-state index contributed by atoms with van der Waals surface area (Å²) in [4.78, 5) is 15.9. The maximum Gasteiger partial charge on any atom is 0.238 e. The highest BCUT2D eigenvalue weighted by molar-refractivity contribution is 7.92. The van der Waals surface area contributed by atoms with Gasteiger partial charge in [0.2, 0.25) is 11.8 Å². The molecule has 20 heavy (non-hydrogen) atoms. The molecule has 0 fully saturated rings. The summed E-state index contributed by atoms with van der Waals surface area (Å²) in [6.45, 7) is 7.07. The van der Waals surface area contributed by atoms with Crippen LogP contribution in [-0.4, -0.2) is 42.0 Å². The highest BCUT2D eigenvalue weighted by Gasteiger charge is 2.25. The third-order valence-electron chi connectivity index (χ3n) is 2.94. The molecule has 1 rings (SSSR count). The Kier molecular flexibility index (Phi) is 5.67. The molecule has 0 saturated carbocycles. The van der Waals surface area contributed by atoms with E-state index in [-0.39, 0.29) is 18.2 Å². The summed E-state index contributed by atoms with van der Waals surface area (Å²) in [6, 6.07) is 0. The van der Waals surface area contributed by atoms with E-state index >= 15 is 0 Å². The minimum atomic E-state index is -3.36. The average molecular weight is 303 g/mol. The Morgan fingerprint density at radius 2 is 2.00 bits per heavy atom. The molecule has 0 bridgehead atoms. The normalized spacial score (nSPS) is 13.4. The summed E-state index contributed by atoms with van der Waals surface area (Å²) < 4.78 is 28.1. The van der Waals surface area contributed by atoms with Crippen molar-refractivity contribution in [2.75, 3.05) is 12.3 Å². The van der Waals surface area contributed by atoms with Gasteiger partial charge in [0.05, 0.1) is 0 Å². The van der Waals surface area contributed by atoms with Crippen LogP contribution in [0.15, 0.2) is 4.52 Å². The predicted molar refractivity (Wildman–Crippen MR) is 74.0 cm³/mol. The van der Waals surface area contributed by atoms with Crippen molar-refractivity contribution in [3.63, 3.8) is 0 Å². The van der Waals surface area contributed by atoms with Crippen molar-refractivity contribution in [3.8, 4) is 0 Å². The van der Waals surface area contributed by atoms with Crippen LogP contribution in [0, 0.1) is 0 Å². The van der Waals surface area contributed by atoms with E-state index in [4.69, 9.17) is 4.52 Å². The zero-order valence-electron chi connectivity index (χ0n) is 12.2. The summed E-state index contributed by atoms with van der Waals surface area (Å²) in [5, 5.41) is 5.32. The minimum Gasteiger partial charge on any atom is -0.355 e. The van der Waals surface area contributed by atoms with Gasteiger partial charge in [0.25, 0.3) is 0 Å². The van der Waals surface area contributed by atoms with E-state index in [1.54, 1.807) is 0 Å². The van der Waals surface area contributed by atoms with Crippen molar-refractivity contribution in [2.24, 2.45) is 0 Å². The standard InChI is InChI=1S/C12H21N3O4S/c1-5-20(17,18)9(4)11(16)13-7-6-10-14-12(8(2)3)19-15-10/h8-9H,5-7H2,1-4H3,(H,13,16)/t9-/m1/s1. The van der Waals surface area contributed by atoms with E-state index in [0.717, 1.165) is 0 Å². The Bertz CT molecular complexity index is 551. The fraction of sp³-hybridized carbons (Fsp3) is 0.750. The molecule has 0 radical (unpaired) electrons. The lowest BCUT2D eigenvalue weighted by atomic mass is 10.2. The van der Waals surface area contributed by atoms with Crippen molar-refractivity contribution >= 4 is 15.7 Å². The second kappa shape index (κ2) is 6.83. The lowest BCUT2D eigenvalue weighted by Gasteiger charge is -2.11. The number of carbonyl (C=O) groups is 1. The van der Waals surface area contributed by atoms with Gasteiger partial charge in [-0.15, -0.1) is 0 Å². The number of hydrogen-bond acceptors (Lipinski definition) is 6. The largest absolute Gasteiger partial charge is 0.355 e. The van der Waals surface area contributed by atoms with Gasteiger partial charge in [-0.25, -0.2) is 8.42 Å². The fourth-order valence-corrected chi connectivity index (χ4v) is 2.37. The van der Waals surface area contributed by atoms with Gasteiger partial charge >= 0.3 is 0 Å². The van der Waals surface area contributed by atoms with Gasteiger partial charge in [0.1, 0.15) is 5.25 Å². The number of aromatic nitrogens is 2. The van der Waals surface area contributed by atoms with Crippen LogP contribution in [0.4, 0.5) is 0 Å². The lowest BCUT2D eigenvalue weighted by Crippen LogP contribution is -2.39. The predicted octanol–water partition coefficient (Wildman–Crippen LogP) is 0.675. The Labute approximate surface area is 119 Å². The van der Waals surface area contributed by atoms with Crippen LogP contribution in [-0.2, 0) is 21.1 Å². The Hall–Kier alpha value is -1.44. The third kappa shape index (κ3) is 4.29. The summed E-state index contributed by atoms with van der Waals surface area (Å²) in [6.07, 6.45) is 0.404. The van der Waals surface area contributed by atoms with Crippen molar-refractivity contribution in [1.29, 1.82) is 0 Å². The van der Waals surface area contributed by atoms with Gasteiger partial charge in [0.15, 0.2) is 15.7 Å². The van der Waals surface area contributed by atoms with Crippen LogP contribution < -0.4 is 5.32 Å². The molecular weight excluding hydrogens is 282 g/mol. The molecule has 0 unspecified atom stereocenters. The highest BCUT2D eigenvalue weighted by Crippen LogP contribution is 2.10. The van der Waals surface area contributed by atoms with Crippen LogP contribution >= 0.6 is 0 Å². The highest BCUT2D eigenvalue weighted by atomic mass is 32.2. The van der Waals surface area contributed by atoms with Gasteiger partial charge in [-0.3, -0.25) is 4.79 Å². The number of nitrogens with zero attached hydrogens (tertiary/aromatic N) is 2. The number of hydrogen-bond donors (Lipinski definition) is 1. The maximum absolute atomic E-state index is 11.7. The van der Waals surface area contributed by atoms with Crippen molar-refractivity contribution < 1.29 is 17.7 Å². The molecule has 0 aliphatic heterocycles. The molecule has 0 spiro atoms. The van der Waals surface area contributed by atoms with E-state index in [1.165, 1.54) is 13.8 Å². The SMILES string of the molecule is CCS(=O)(=O)[C@H](C)C(=O)NCCc1noc(C(C)C)n1. The Morgan fingerprint density at radius 1 is 1.35 bits per heavy atom. The van der Waals surface area contributed by atoms with E-state index < -0.39 is 21.0 Å². The monoisotopic (exact) mass is 303 g/mol. The quantitative estimate of drug-likeness (QED) is 0.794. The summed E-state index contributed by atoms with van der Waals surface area (Å²) in [5.41, 5.74) is 0. The molecule has 0 saturated heterocycles. The molecule has 1 amide bonds. The topological polar surface area (TPSA) is 102 Å². The third-order valence-corrected chi connectivity index (χ3v) is 5.03. The van der Waals surface area contributed by atoms with Crippen LogP contribution in [0.3, 0.4) is 0 Å². The molecule has 7 nitrogen and oxygen atoms in total. The minimum absolute atomic E-state index is 0.0514. The molecule has 1 aromatic heterocycles. The van der Waals surface area contributed by atoms with Crippen LogP contribution in [0.1, 0.15) is 45.3 Å². The van der Waals surface area contributed by atoms with Crippen molar-refractivity contribution in [2.45, 2.75) is 45.3 Å². The van der Waals surface area contributed by atoms with Gasteiger partial charge in [-0.2, -0.15) is 4.98 Å². The maximum atomic E-state index is 11.7. The zero-order valence-corrected chi connectivity index (χ0v) is 13.0. The first-order valence-corrected chi connectivity index (χ1v) is 8.31. The van der Waals surface area contributed by atoms with E-state index in [1.807, 2.05) is 13.8 Å². The van der Waals surface area contributed by atoms with Gasteiger partial charge in [-0.05, 0) is 6.92 Å². The van der Waals surface area contributed by atoms with Gasteiger partial charge in [-0.1, -0.05) is 25.9 Å². The molecular formula is C12H21N3O4S. The number of sulfone groups is 1. The number of carbonyl (C=O) groups excluding carboxylic acids is 1. The van der Waals surface area contributed by atoms with Crippen LogP contribution in [0.5, 0.6) is 0 Å². The van der Waals surface area contributed by atoms with Crippen molar-refractivity contribution in [1.82, 2.24) is 15.5 Å². The first kappa shape index (κ1) is 16.6. The average Bonchev–Trinajstić information content (AvgIpc) is 2.86. The summed E-state index contributed by atoms with van der Waals surface area (Å²) in [7, 11) is -3.36. The smallest absolute Gasteiger partial charge is 0.238 e. The first-order chi connectivity index (χ1) is 9.27. The Balaban J connectivity index is 2.46. The van der Waals surface area contributed by atoms with Crippen LogP contribution in [0.2, 0.25) is 0 Å². The Morgan fingerprint density at radius 3 is 2.50 bits per heavy atom. The van der Waals surface area contributed by atoms with Crippen LogP contribution in [0.25, 0.3) is 0 Å². The molecule has 1 N–H and O–H groups in total. The second-order valence-corrected chi connectivity index (χ2v) is 7.45. The molecule has 0 aliphatic rings. The number of rotatable bonds is 7. The fourth-order valence-electron chi connectivity index (χ4n) is 1.46. The van der Waals surface area contributed by atoms with E-state index in [9.17, 15) is 13.2 Å². The molecule has 0 aliphatic carbocycles. The molecule has 114 valence electrons. The number of nitrogens with one attached hydrogen (secondary N) is 1. The zero-order chi connectivity index (χ0) is 15.3. The lowest BCUT2D eigenvalue weighted by molar-refractivity contribution is -0.120. The summed E-state index contributed by atoms with van der Waals surface area (Å²) >= 11 is 0. The van der Waals surface area contributed by atoms with Gasteiger partial charge < -0.3 is 9.84 Å². The molecule has 1 heterocycles. The van der Waals surface area contributed by atoms with Crippen molar-refractivity contribution in [3.05, 3.63) is 11.7 Å². The molecule has 0 aromatic carbocycles.